The summed E-state index contributed by atoms with van der Waals surface area (Å²) < 4.78 is 0. The Hall–Kier alpha value is 1.22. The Morgan fingerprint density at radius 2 is 1.87 bits per heavy atom. The van der Waals surface area contributed by atoms with Gasteiger partial charge in [0.1, 0.15) is 11.2 Å². The van der Waals surface area contributed by atoms with E-state index < -0.39 is 0 Å². The van der Waals surface area contributed by atoms with Crippen LogP contribution in [0.2, 0.25) is 0 Å². The van der Waals surface area contributed by atoms with Crippen molar-refractivity contribution in [2.75, 3.05) is 0 Å². The predicted molar refractivity (Wildman–Crippen MR) is 127 cm³/mol. The van der Waals surface area contributed by atoms with E-state index in [1.165, 1.54) is 5.56 Å². The Morgan fingerprint density at radius 1 is 1.22 bits per heavy atom. The van der Waals surface area contributed by atoms with Crippen molar-refractivity contribution in [3.63, 3.8) is 0 Å². The fourth-order valence-corrected chi connectivity index (χ4v) is 2.87. The van der Waals surface area contributed by atoms with Gasteiger partial charge in [0, 0.05) is 0 Å². The van der Waals surface area contributed by atoms with E-state index in [4.69, 9.17) is 0 Å². The van der Waals surface area contributed by atoms with E-state index in [0.717, 1.165) is 12.4 Å². The van der Waals surface area contributed by atoms with Gasteiger partial charge in [-0.15, -0.1) is 11.8 Å². The van der Waals surface area contributed by atoms with Gasteiger partial charge >= 0.3 is 64.9 Å². The molecule has 2 unspecified atom stereocenters. The third-order valence-corrected chi connectivity index (χ3v) is 3.84. The van der Waals surface area contributed by atoms with Crippen molar-refractivity contribution < 1.29 is 4.92 Å². The van der Waals surface area contributed by atoms with Crippen LogP contribution >= 0.6 is 71.7 Å². The topological polar surface area (TPSA) is 36.8 Å². The van der Waals surface area contributed by atoms with Gasteiger partial charge in [-0.1, -0.05) is 50.3 Å². The summed E-state index contributed by atoms with van der Waals surface area (Å²) in [6, 6.07) is 10.3. The van der Waals surface area contributed by atoms with Crippen LogP contribution in [-0.4, -0.2) is 17.5 Å². The number of fused-ring (bicyclic) bond motifs is 1. The van der Waals surface area contributed by atoms with Gasteiger partial charge in [0.25, 0.3) is 0 Å². The molecule has 2 heterocycles. The molecule has 0 saturated heterocycles. The molecule has 3 nitrogen and oxygen atoms in total. The number of hydrogen-bond acceptors (Lipinski definition) is 3. The summed E-state index contributed by atoms with van der Waals surface area (Å²) in [5.41, 5.74) is 1.23. The molecule has 2 atom stereocenters. The third kappa shape index (κ3) is 8.93. The van der Waals surface area contributed by atoms with Crippen LogP contribution < -0.4 is 5.32 Å². The molecule has 0 spiro atoms. The fourth-order valence-electron chi connectivity index (χ4n) is 1.93. The molecule has 0 aliphatic carbocycles. The fraction of sp³-hybridized carbons (Fsp3) is 0.333. The van der Waals surface area contributed by atoms with Crippen molar-refractivity contribution in [2.24, 2.45) is 15.9 Å². The zero-order valence-electron chi connectivity index (χ0n) is 12.9. The zero-order valence-corrected chi connectivity index (χ0v) is 21.6. The molecular formula is C15H19I3N3SV. The van der Waals surface area contributed by atoms with Gasteiger partial charge in [0.2, 0.25) is 0 Å². The number of aliphatic imine (C=N–C) groups is 2. The van der Waals surface area contributed by atoms with E-state index in [-0.39, 0.29) is 10.3 Å². The van der Waals surface area contributed by atoms with E-state index in [1.54, 1.807) is 18.1 Å². The van der Waals surface area contributed by atoms with Crippen molar-refractivity contribution >= 4 is 83.9 Å². The maximum absolute atomic E-state index is 4.65. The van der Waals surface area contributed by atoms with E-state index in [2.05, 4.69) is 98.9 Å². The molecule has 0 saturated carbocycles. The summed E-state index contributed by atoms with van der Waals surface area (Å²) in [5.74, 6) is 1.34. The number of thioether (sulfide) groups is 1. The molecule has 2 aliphatic rings. The first-order valence-electron chi connectivity index (χ1n) is 7.13. The average Bonchev–Trinajstić information content (AvgIpc) is 3.04. The Morgan fingerprint density at radius 3 is 2.52 bits per heavy atom. The first-order chi connectivity index (χ1) is 11.2. The summed E-state index contributed by atoms with van der Waals surface area (Å²) in [6.45, 7) is 4.72. The van der Waals surface area contributed by atoms with E-state index in [0.29, 0.717) is 5.92 Å². The van der Waals surface area contributed by atoms with Gasteiger partial charge in [0.15, 0.2) is 0 Å². The minimum atomic E-state index is -0.278. The molecule has 1 N–H and O–H groups in total. The summed E-state index contributed by atoms with van der Waals surface area (Å²) >= 11 is 9.14. The van der Waals surface area contributed by atoms with Crippen molar-refractivity contribution in [1.29, 1.82) is 0 Å². The molecule has 3 rings (SSSR count). The van der Waals surface area contributed by atoms with E-state index in [1.807, 2.05) is 32.0 Å². The zero-order chi connectivity index (χ0) is 17.1. The summed E-state index contributed by atoms with van der Waals surface area (Å²) in [5, 5.41) is 5.55. The van der Waals surface area contributed by atoms with Crippen LogP contribution in [0.1, 0.15) is 19.4 Å². The molecule has 23 heavy (non-hydrogen) atoms. The second-order valence-corrected chi connectivity index (χ2v) is 40.6. The molecule has 0 aromatic heterocycles. The molecular weight excluding hydrogens is 686 g/mol. The second kappa shape index (κ2) is 13.4. The molecule has 8 heteroatoms. The standard InChI is InChI=1S/C13H13N3S.C2H6.3HI.V/c1-2-4-10(5-3-1)8-14-12-11-6-7-17-13(11)16-9-15-12;1-2;;;;/h1-7,9,11,13H,8H2,(H,14,15,16);1-2H3;3*1H;/q;;;;;+3/p-3. The maximum atomic E-state index is 4.65. The number of benzene rings is 1. The van der Waals surface area contributed by atoms with Crippen molar-refractivity contribution in [1.82, 2.24) is 5.32 Å². The number of rotatable bonds is 2. The van der Waals surface area contributed by atoms with Crippen LogP contribution in [-0.2, 0) is 11.5 Å². The molecule has 0 bridgehead atoms. The first-order valence-corrected chi connectivity index (χ1v) is 21.6. The Bertz CT molecular complexity index is 535. The molecule has 1 aromatic rings. The normalized spacial score (nSPS) is 22.6. The van der Waals surface area contributed by atoms with E-state index in [9.17, 15) is 0 Å². The number of amidine groups is 1. The van der Waals surface area contributed by atoms with Crippen molar-refractivity contribution in [3.8, 4) is 0 Å². The number of nitrogens with zero attached hydrogens (tertiary/aromatic N) is 2. The number of hydrogen-bond donors (Lipinski definition) is 1. The quantitative estimate of drug-likeness (QED) is 0.378. The van der Waals surface area contributed by atoms with Crippen LogP contribution in [0.4, 0.5) is 0 Å². The van der Waals surface area contributed by atoms with Gasteiger partial charge in [-0.2, -0.15) is 0 Å². The molecule has 0 radical (unpaired) electrons. The third-order valence-electron chi connectivity index (χ3n) is 2.84. The van der Waals surface area contributed by atoms with Crippen LogP contribution in [0.3, 0.4) is 0 Å². The summed E-state index contributed by atoms with van der Waals surface area (Å²) in [7, 11) is 0. The van der Waals surface area contributed by atoms with Crippen molar-refractivity contribution in [2.45, 2.75) is 25.8 Å². The molecule has 1 aromatic carbocycles. The molecule has 126 valence electrons. The van der Waals surface area contributed by atoms with E-state index >= 15 is 0 Å². The molecule has 0 fully saturated rings. The minimum absolute atomic E-state index is 0.278. The van der Waals surface area contributed by atoms with Gasteiger partial charge < -0.3 is 5.32 Å². The van der Waals surface area contributed by atoms with Crippen molar-refractivity contribution in [3.05, 3.63) is 47.4 Å². The Kier molecular flexibility index (Phi) is 13.0. The Balaban J connectivity index is 0.000000388. The molecule has 2 aliphatic heterocycles. The van der Waals surface area contributed by atoms with Crippen LogP contribution in [0, 0.1) is 5.92 Å². The predicted octanol–water partition coefficient (Wildman–Crippen LogP) is 6.10. The molecule has 0 amide bonds. The number of nitrogens with one attached hydrogen (secondary N) is 1. The van der Waals surface area contributed by atoms with Gasteiger partial charge in [-0.25, -0.2) is 0 Å². The van der Waals surface area contributed by atoms with Crippen LogP contribution in [0.5, 0.6) is 0 Å². The van der Waals surface area contributed by atoms with Crippen LogP contribution in [0.25, 0.3) is 0 Å². The number of halogens is 3. The average molecular weight is 705 g/mol. The van der Waals surface area contributed by atoms with Gasteiger partial charge in [0.05, 0.1) is 18.8 Å². The second-order valence-electron chi connectivity index (χ2n) is 4.18. The first kappa shape index (κ1) is 22.3. The van der Waals surface area contributed by atoms with Crippen LogP contribution in [0.15, 0.2) is 51.8 Å². The summed E-state index contributed by atoms with van der Waals surface area (Å²) in [4.78, 5) is 8.75. The summed E-state index contributed by atoms with van der Waals surface area (Å²) in [6.07, 6.45) is 3.92. The Labute approximate surface area is 180 Å². The monoisotopic (exact) mass is 705 g/mol. The van der Waals surface area contributed by atoms with Gasteiger partial charge in [-0.3, -0.25) is 9.98 Å². The SMILES string of the molecule is C1=CC2C(=NCc3ccccc3)NC=NC2S1.CC.[I][V]([I])[I]. The van der Waals surface area contributed by atoms with Gasteiger partial charge in [-0.05, 0) is 11.0 Å².